The molecular weight excluding hydrogens is 392 g/mol. The monoisotopic (exact) mass is 418 g/mol. The standard InChI is InChI=1S/C24H26N4O3/c29-22(13-12-21-26-20-7-3-2-6-19(20)23(30)27-21)25-16-17-8-10-18(11-9-17)24(31)28-14-4-1-5-15-28/h2-3,6-11H,1,4-5,12-16H2,(H,25,29)(H,26,27,30). The Labute approximate surface area is 180 Å². The van der Waals surface area contributed by atoms with Crippen molar-refractivity contribution in [1.82, 2.24) is 20.2 Å². The molecule has 7 nitrogen and oxygen atoms in total. The molecule has 0 unspecified atom stereocenters. The molecule has 2 heterocycles. The molecule has 7 heteroatoms. The average Bonchev–Trinajstić information content (AvgIpc) is 2.82. The lowest BCUT2D eigenvalue weighted by molar-refractivity contribution is -0.121. The average molecular weight is 418 g/mol. The summed E-state index contributed by atoms with van der Waals surface area (Å²) in [4.78, 5) is 45.9. The van der Waals surface area contributed by atoms with Crippen LogP contribution in [0.15, 0.2) is 53.3 Å². The van der Waals surface area contributed by atoms with Crippen LogP contribution in [-0.2, 0) is 17.8 Å². The van der Waals surface area contributed by atoms with Crippen molar-refractivity contribution >= 4 is 22.7 Å². The Morgan fingerprint density at radius 3 is 2.52 bits per heavy atom. The van der Waals surface area contributed by atoms with E-state index in [1.165, 1.54) is 6.42 Å². The number of aromatic amines is 1. The van der Waals surface area contributed by atoms with Gasteiger partial charge in [-0.1, -0.05) is 24.3 Å². The summed E-state index contributed by atoms with van der Waals surface area (Å²) in [5, 5.41) is 3.42. The number of aryl methyl sites for hydroxylation is 1. The summed E-state index contributed by atoms with van der Waals surface area (Å²) in [7, 11) is 0. The molecule has 2 aromatic carbocycles. The third kappa shape index (κ3) is 5.17. The minimum Gasteiger partial charge on any atom is -0.352 e. The van der Waals surface area contributed by atoms with Crippen LogP contribution in [0.1, 0.15) is 47.4 Å². The van der Waals surface area contributed by atoms with E-state index in [-0.39, 0.29) is 23.8 Å². The lowest BCUT2D eigenvalue weighted by atomic mass is 10.1. The zero-order chi connectivity index (χ0) is 21.6. The van der Waals surface area contributed by atoms with Crippen LogP contribution in [0.25, 0.3) is 10.9 Å². The molecule has 2 N–H and O–H groups in total. The van der Waals surface area contributed by atoms with Crippen molar-refractivity contribution in [2.24, 2.45) is 0 Å². The third-order valence-corrected chi connectivity index (χ3v) is 5.58. The zero-order valence-corrected chi connectivity index (χ0v) is 17.4. The number of fused-ring (bicyclic) bond motifs is 1. The van der Waals surface area contributed by atoms with Crippen molar-refractivity contribution in [2.75, 3.05) is 13.1 Å². The molecular formula is C24H26N4O3. The fourth-order valence-corrected chi connectivity index (χ4v) is 3.82. The fraction of sp³-hybridized carbons (Fsp3) is 0.333. The second-order valence-electron chi connectivity index (χ2n) is 7.86. The number of carbonyl (C=O) groups is 2. The van der Waals surface area contributed by atoms with E-state index in [4.69, 9.17) is 0 Å². The zero-order valence-electron chi connectivity index (χ0n) is 17.4. The Morgan fingerprint density at radius 1 is 1.00 bits per heavy atom. The predicted molar refractivity (Wildman–Crippen MR) is 119 cm³/mol. The number of hydrogen-bond acceptors (Lipinski definition) is 4. The number of amides is 2. The SMILES string of the molecule is O=C(CCc1nc2ccccc2c(=O)[nH]1)NCc1ccc(C(=O)N2CCCCC2)cc1. The van der Waals surface area contributed by atoms with Crippen LogP contribution in [0.5, 0.6) is 0 Å². The first-order chi connectivity index (χ1) is 15.1. The highest BCUT2D eigenvalue weighted by Gasteiger charge is 2.17. The first kappa shape index (κ1) is 20.8. The van der Waals surface area contributed by atoms with Gasteiger partial charge in [0, 0.05) is 38.0 Å². The van der Waals surface area contributed by atoms with Gasteiger partial charge in [-0.25, -0.2) is 4.98 Å². The Kier molecular flexibility index (Phi) is 6.40. The number of H-pyrrole nitrogens is 1. The number of carbonyl (C=O) groups excluding carboxylic acids is 2. The number of rotatable bonds is 6. The van der Waals surface area contributed by atoms with E-state index < -0.39 is 0 Å². The molecule has 1 aliphatic rings. The summed E-state index contributed by atoms with van der Waals surface area (Å²) >= 11 is 0. The molecule has 0 saturated carbocycles. The molecule has 1 saturated heterocycles. The maximum atomic E-state index is 12.5. The van der Waals surface area contributed by atoms with E-state index >= 15 is 0 Å². The summed E-state index contributed by atoms with van der Waals surface area (Å²) in [6.45, 7) is 2.04. The predicted octanol–water partition coefficient (Wildman–Crippen LogP) is 2.80. The molecule has 1 fully saturated rings. The molecule has 4 rings (SSSR count). The number of likely N-dealkylation sites (tertiary alicyclic amines) is 1. The van der Waals surface area contributed by atoms with Gasteiger partial charge in [-0.3, -0.25) is 14.4 Å². The number of benzene rings is 2. The first-order valence-electron chi connectivity index (χ1n) is 10.7. The van der Waals surface area contributed by atoms with Gasteiger partial charge in [0.2, 0.25) is 5.91 Å². The Bertz CT molecular complexity index is 1130. The van der Waals surface area contributed by atoms with Crippen molar-refractivity contribution in [2.45, 2.75) is 38.6 Å². The van der Waals surface area contributed by atoms with E-state index in [2.05, 4.69) is 15.3 Å². The Balaban J connectivity index is 1.28. The van der Waals surface area contributed by atoms with Crippen LogP contribution in [0, 0.1) is 0 Å². The van der Waals surface area contributed by atoms with Gasteiger partial charge in [-0.15, -0.1) is 0 Å². The molecule has 0 spiro atoms. The minimum absolute atomic E-state index is 0.0761. The highest BCUT2D eigenvalue weighted by molar-refractivity contribution is 5.94. The Hall–Kier alpha value is -3.48. The van der Waals surface area contributed by atoms with Gasteiger partial charge in [0.15, 0.2) is 0 Å². The van der Waals surface area contributed by atoms with E-state index in [9.17, 15) is 14.4 Å². The summed E-state index contributed by atoms with van der Waals surface area (Å²) in [5.41, 5.74) is 2.05. The first-order valence-corrected chi connectivity index (χ1v) is 10.7. The molecule has 1 aliphatic heterocycles. The summed E-state index contributed by atoms with van der Waals surface area (Å²) in [6.07, 6.45) is 3.91. The Morgan fingerprint density at radius 2 is 1.74 bits per heavy atom. The molecule has 1 aromatic heterocycles. The topological polar surface area (TPSA) is 95.2 Å². The second-order valence-corrected chi connectivity index (χ2v) is 7.86. The summed E-state index contributed by atoms with van der Waals surface area (Å²) in [5.74, 6) is 0.455. The van der Waals surface area contributed by atoms with Crippen LogP contribution >= 0.6 is 0 Å². The van der Waals surface area contributed by atoms with E-state index in [0.29, 0.717) is 35.3 Å². The van der Waals surface area contributed by atoms with Crippen molar-refractivity contribution in [3.05, 3.63) is 75.8 Å². The molecule has 160 valence electrons. The maximum Gasteiger partial charge on any atom is 0.258 e. The third-order valence-electron chi connectivity index (χ3n) is 5.58. The lowest BCUT2D eigenvalue weighted by Gasteiger charge is -2.26. The van der Waals surface area contributed by atoms with Crippen molar-refractivity contribution in [1.29, 1.82) is 0 Å². The summed E-state index contributed by atoms with van der Waals surface area (Å²) < 4.78 is 0. The molecule has 3 aromatic rings. The molecule has 31 heavy (non-hydrogen) atoms. The molecule has 0 aliphatic carbocycles. The van der Waals surface area contributed by atoms with E-state index in [0.717, 1.165) is 31.5 Å². The number of piperidine rings is 1. The van der Waals surface area contributed by atoms with Gasteiger partial charge in [0.05, 0.1) is 10.9 Å². The second kappa shape index (κ2) is 9.55. The van der Waals surface area contributed by atoms with E-state index in [1.54, 1.807) is 18.2 Å². The minimum atomic E-state index is -0.194. The molecule has 0 atom stereocenters. The van der Waals surface area contributed by atoms with Crippen LogP contribution < -0.4 is 10.9 Å². The van der Waals surface area contributed by atoms with Gasteiger partial charge < -0.3 is 15.2 Å². The number of hydrogen-bond donors (Lipinski definition) is 2. The van der Waals surface area contributed by atoms with Gasteiger partial charge in [0.1, 0.15) is 5.82 Å². The number of nitrogens with zero attached hydrogens (tertiary/aromatic N) is 2. The van der Waals surface area contributed by atoms with E-state index in [1.807, 2.05) is 35.2 Å². The van der Waals surface area contributed by atoms with Crippen LogP contribution in [-0.4, -0.2) is 39.8 Å². The van der Waals surface area contributed by atoms with Crippen LogP contribution in [0.2, 0.25) is 0 Å². The highest BCUT2D eigenvalue weighted by Crippen LogP contribution is 2.14. The van der Waals surface area contributed by atoms with Gasteiger partial charge in [-0.2, -0.15) is 0 Å². The number of para-hydroxylation sites is 1. The van der Waals surface area contributed by atoms with Crippen LogP contribution in [0.3, 0.4) is 0 Å². The quantitative estimate of drug-likeness (QED) is 0.644. The molecule has 0 radical (unpaired) electrons. The largest absolute Gasteiger partial charge is 0.352 e. The van der Waals surface area contributed by atoms with Crippen molar-refractivity contribution < 1.29 is 9.59 Å². The lowest BCUT2D eigenvalue weighted by Crippen LogP contribution is -2.35. The van der Waals surface area contributed by atoms with Gasteiger partial charge in [0.25, 0.3) is 11.5 Å². The number of aromatic nitrogens is 2. The molecule has 0 bridgehead atoms. The molecule has 2 amide bonds. The maximum absolute atomic E-state index is 12.5. The normalized spacial score (nSPS) is 13.9. The smallest absolute Gasteiger partial charge is 0.258 e. The number of nitrogens with one attached hydrogen (secondary N) is 2. The highest BCUT2D eigenvalue weighted by atomic mass is 16.2. The summed E-state index contributed by atoms with van der Waals surface area (Å²) in [6, 6.07) is 14.5. The fourth-order valence-electron chi connectivity index (χ4n) is 3.82. The van der Waals surface area contributed by atoms with Gasteiger partial charge in [-0.05, 0) is 49.1 Å². The van der Waals surface area contributed by atoms with Gasteiger partial charge >= 0.3 is 0 Å². The van der Waals surface area contributed by atoms with Crippen LogP contribution in [0.4, 0.5) is 0 Å². The van der Waals surface area contributed by atoms with Crippen molar-refractivity contribution in [3.8, 4) is 0 Å². The van der Waals surface area contributed by atoms with Crippen molar-refractivity contribution in [3.63, 3.8) is 0 Å².